The fourth-order valence-electron chi connectivity index (χ4n) is 2.56. The maximum atomic E-state index is 12.5. The van der Waals surface area contributed by atoms with Gasteiger partial charge in [0.2, 0.25) is 0 Å². The minimum Gasteiger partial charge on any atom is -0.481 e. The Morgan fingerprint density at radius 3 is 2.50 bits per heavy atom. The number of carbonyl (C=O) groups is 2. The van der Waals surface area contributed by atoms with E-state index in [1.54, 1.807) is 29.7 Å². The van der Waals surface area contributed by atoms with E-state index in [0.717, 1.165) is 5.69 Å². The van der Waals surface area contributed by atoms with Crippen molar-refractivity contribution in [3.05, 3.63) is 17.5 Å². The van der Waals surface area contributed by atoms with Gasteiger partial charge in [-0.1, -0.05) is 6.92 Å². The third kappa shape index (κ3) is 2.55. The highest BCUT2D eigenvalue weighted by Gasteiger charge is 2.38. The van der Waals surface area contributed by atoms with Gasteiger partial charge in [-0.15, -0.1) is 0 Å². The van der Waals surface area contributed by atoms with Crippen LogP contribution in [0.3, 0.4) is 0 Å². The number of hydrogen-bond donors (Lipinski definition) is 1. The van der Waals surface area contributed by atoms with Crippen LogP contribution >= 0.6 is 0 Å². The zero-order chi connectivity index (χ0) is 14.9. The third-order valence-electron chi connectivity index (χ3n) is 4.14. The first-order valence-corrected chi connectivity index (χ1v) is 6.92. The second kappa shape index (κ2) is 5.26. The highest BCUT2D eigenvalue weighted by atomic mass is 16.4. The van der Waals surface area contributed by atoms with Gasteiger partial charge in [-0.25, -0.2) is 0 Å². The fraction of sp³-hybridized carbons (Fsp3) is 0.643. The second-order valence-corrected chi connectivity index (χ2v) is 5.67. The van der Waals surface area contributed by atoms with Crippen LogP contribution in [0, 0.1) is 5.41 Å². The number of piperidine rings is 1. The minimum atomic E-state index is -0.778. The molecule has 20 heavy (non-hydrogen) atoms. The molecular formula is C14H21N3O3. The number of aromatic nitrogens is 2. The molecule has 1 aromatic heterocycles. The van der Waals surface area contributed by atoms with E-state index in [0.29, 0.717) is 37.9 Å². The van der Waals surface area contributed by atoms with E-state index < -0.39 is 11.4 Å². The molecule has 0 atom stereocenters. The molecule has 1 amide bonds. The van der Waals surface area contributed by atoms with Crippen LogP contribution in [0.5, 0.6) is 0 Å². The molecule has 0 saturated carbocycles. The Labute approximate surface area is 118 Å². The number of rotatable bonds is 3. The van der Waals surface area contributed by atoms with Crippen molar-refractivity contribution in [2.24, 2.45) is 12.5 Å². The molecular weight excluding hydrogens is 258 g/mol. The molecule has 2 heterocycles. The average Bonchev–Trinajstić information content (AvgIpc) is 2.80. The largest absolute Gasteiger partial charge is 0.481 e. The molecule has 1 saturated heterocycles. The van der Waals surface area contributed by atoms with Crippen LogP contribution in [-0.2, 0) is 18.3 Å². The van der Waals surface area contributed by atoms with Gasteiger partial charge in [-0.05, 0) is 26.2 Å². The van der Waals surface area contributed by atoms with E-state index in [2.05, 4.69) is 5.10 Å². The van der Waals surface area contributed by atoms with E-state index in [1.165, 1.54) is 0 Å². The van der Waals surface area contributed by atoms with E-state index in [1.807, 2.05) is 6.92 Å². The first-order valence-electron chi connectivity index (χ1n) is 6.92. The molecule has 1 fully saturated rings. The number of amides is 1. The van der Waals surface area contributed by atoms with Crippen LogP contribution in [0.25, 0.3) is 0 Å². The molecule has 2 rings (SSSR count). The van der Waals surface area contributed by atoms with Gasteiger partial charge in [0.05, 0.1) is 16.7 Å². The number of carboxylic acids is 1. The van der Waals surface area contributed by atoms with Crippen LogP contribution in [0.2, 0.25) is 0 Å². The van der Waals surface area contributed by atoms with Gasteiger partial charge in [-0.3, -0.25) is 14.3 Å². The molecule has 110 valence electrons. The van der Waals surface area contributed by atoms with Crippen LogP contribution < -0.4 is 0 Å². The zero-order valence-corrected chi connectivity index (χ0v) is 12.2. The number of nitrogens with zero attached hydrogens (tertiary/aromatic N) is 3. The summed E-state index contributed by atoms with van der Waals surface area (Å²) < 4.78 is 1.65. The van der Waals surface area contributed by atoms with Crippen LogP contribution in [0.4, 0.5) is 0 Å². The SMILES string of the molecule is CCc1nn(C)cc1C(=O)N1CCC(C)(C(=O)O)CC1. The molecule has 1 aliphatic rings. The molecule has 6 heteroatoms. The molecule has 1 aromatic rings. The lowest BCUT2D eigenvalue weighted by molar-refractivity contribution is -0.150. The molecule has 1 aliphatic heterocycles. The summed E-state index contributed by atoms with van der Waals surface area (Å²) in [6.45, 7) is 4.69. The lowest BCUT2D eigenvalue weighted by Crippen LogP contribution is -2.45. The predicted octanol–water partition coefficient (Wildman–Crippen LogP) is 1.31. The van der Waals surface area contributed by atoms with Crippen molar-refractivity contribution in [2.75, 3.05) is 13.1 Å². The molecule has 0 bridgehead atoms. The summed E-state index contributed by atoms with van der Waals surface area (Å²) in [4.78, 5) is 25.4. The van der Waals surface area contributed by atoms with Gasteiger partial charge in [-0.2, -0.15) is 5.10 Å². The van der Waals surface area contributed by atoms with Gasteiger partial charge in [0.15, 0.2) is 0 Å². The highest BCUT2D eigenvalue weighted by Crippen LogP contribution is 2.31. The summed E-state index contributed by atoms with van der Waals surface area (Å²) in [5, 5.41) is 13.5. The molecule has 1 N–H and O–H groups in total. The predicted molar refractivity (Wildman–Crippen MR) is 73.5 cm³/mol. The van der Waals surface area contributed by atoms with E-state index in [-0.39, 0.29) is 5.91 Å². The number of carboxylic acid groups (broad SMARTS) is 1. The summed E-state index contributed by atoms with van der Waals surface area (Å²) in [5.41, 5.74) is 0.720. The second-order valence-electron chi connectivity index (χ2n) is 5.67. The molecule has 0 unspecified atom stereocenters. The quantitative estimate of drug-likeness (QED) is 0.905. The lowest BCUT2D eigenvalue weighted by atomic mass is 9.80. The number of hydrogen-bond acceptors (Lipinski definition) is 3. The van der Waals surface area contributed by atoms with Gasteiger partial charge in [0.25, 0.3) is 5.91 Å². The van der Waals surface area contributed by atoms with Crippen molar-refractivity contribution in [3.8, 4) is 0 Å². The molecule has 0 spiro atoms. The van der Waals surface area contributed by atoms with Crippen molar-refractivity contribution in [1.82, 2.24) is 14.7 Å². The van der Waals surface area contributed by atoms with Gasteiger partial charge < -0.3 is 10.0 Å². The highest BCUT2D eigenvalue weighted by molar-refractivity contribution is 5.95. The molecule has 0 aliphatic carbocycles. The maximum absolute atomic E-state index is 12.5. The Balaban J connectivity index is 2.10. The summed E-state index contributed by atoms with van der Waals surface area (Å²) in [5.74, 6) is -0.817. The first-order chi connectivity index (χ1) is 9.37. The summed E-state index contributed by atoms with van der Waals surface area (Å²) in [6.07, 6.45) is 3.44. The Morgan fingerprint density at radius 2 is 2.00 bits per heavy atom. The first kappa shape index (κ1) is 14.6. The van der Waals surface area contributed by atoms with E-state index >= 15 is 0 Å². The number of aryl methyl sites for hydroxylation is 2. The summed E-state index contributed by atoms with van der Waals surface area (Å²) >= 11 is 0. The van der Waals surface area contributed by atoms with Crippen molar-refractivity contribution in [3.63, 3.8) is 0 Å². The zero-order valence-electron chi connectivity index (χ0n) is 12.2. The van der Waals surface area contributed by atoms with E-state index in [4.69, 9.17) is 0 Å². The number of likely N-dealkylation sites (tertiary alicyclic amines) is 1. The fourth-order valence-corrected chi connectivity index (χ4v) is 2.56. The summed E-state index contributed by atoms with van der Waals surface area (Å²) in [7, 11) is 1.80. The molecule has 6 nitrogen and oxygen atoms in total. The van der Waals surface area contributed by atoms with Crippen LogP contribution in [0.1, 0.15) is 42.7 Å². The van der Waals surface area contributed by atoms with Gasteiger partial charge in [0, 0.05) is 26.3 Å². The Hall–Kier alpha value is -1.85. The topological polar surface area (TPSA) is 75.4 Å². The van der Waals surface area contributed by atoms with E-state index in [9.17, 15) is 14.7 Å². The van der Waals surface area contributed by atoms with Crippen molar-refractivity contribution in [1.29, 1.82) is 0 Å². The summed E-state index contributed by atoms with van der Waals surface area (Å²) in [6, 6.07) is 0. The third-order valence-corrected chi connectivity index (χ3v) is 4.14. The lowest BCUT2D eigenvalue weighted by Gasteiger charge is -2.36. The Bertz CT molecular complexity index is 528. The minimum absolute atomic E-state index is 0.0395. The molecule has 0 aromatic carbocycles. The number of carbonyl (C=O) groups excluding carboxylic acids is 1. The average molecular weight is 279 g/mol. The maximum Gasteiger partial charge on any atom is 0.309 e. The monoisotopic (exact) mass is 279 g/mol. The Morgan fingerprint density at radius 1 is 1.40 bits per heavy atom. The van der Waals surface area contributed by atoms with Crippen molar-refractivity contribution < 1.29 is 14.7 Å². The molecule has 0 radical (unpaired) electrons. The standard InChI is InChI=1S/C14H21N3O3/c1-4-11-10(9-16(3)15-11)12(18)17-7-5-14(2,6-8-17)13(19)20/h9H,4-8H2,1-3H3,(H,19,20). The van der Waals surface area contributed by atoms with Crippen molar-refractivity contribution >= 4 is 11.9 Å². The normalized spacial score (nSPS) is 18.1. The number of aliphatic carboxylic acids is 1. The van der Waals surface area contributed by atoms with Crippen molar-refractivity contribution in [2.45, 2.75) is 33.1 Å². The van der Waals surface area contributed by atoms with Crippen LogP contribution in [-0.4, -0.2) is 44.8 Å². The Kier molecular flexibility index (Phi) is 3.83. The van der Waals surface area contributed by atoms with Gasteiger partial charge in [0.1, 0.15) is 0 Å². The smallest absolute Gasteiger partial charge is 0.309 e. The van der Waals surface area contributed by atoms with Gasteiger partial charge >= 0.3 is 5.97 Å². The van der Waals surface area contributed by atoms with Crippen LogP contribution in [0.15, 0.2) is 6.20 Å².